The highest BCUT2D eigenvalue weighted by molar-refractivity contribution is 5.44. The van der Waals surface area contributed by atoms with Gasteiger partial charge in [-0.1, -0.05) is 24.3 Å². The van der Waals surface area contributed by atoms with E-state index < -0.39 is 0 Å². The largest absolute Gasteiger partial charge is 0.396 e. The van der Waals surface area contributed by atoms with Gasteiger partial charge in [0.15, 0.2) is 0 Å². The highest BCUT2D eigenvalue weighted by atomic mass is 16.3. The SMILES string of the molecule is Nc1nc(NC2Cc3ccccc3C2)nc(N2CCC(CO)CC2)n1. The van der Waals surface area contributed by atoms with Gasteiger partial charge in [-0.15, -0.1) is 0 Å². The molecule has 1 aliphatic carbocycles. The lowest BCUT2D eigenvalue weighted by Gasteiger charge is -2.31. The number of anilines is 3. The van der Waals surface area contributed by atoms with Gasteiger partial charge < -0.3 is 21.1 Å². The molecule has 0 bridgehead atoms. The molecule has 2 aromatic rings. The molecule has 25 heavy (non-hydrogen) atoms. The van der Waals surface area contributed by atoms with Gasteiger partial charge in [-0.2, -0.15) is 15.0 Å². The first-order chi connectivity index (χ1) is 12.2. The van der Waals surface area contributed by atoms with E-state index in [-0.39, 0.29) is 18.6 Å². The normalized spacial score (nSPS) is 18.4. The van der Waals surface area contributed by atoms with Crippen LogP contribution in [-0.2, 0) is 12.8 Å². The van der Waals surface area contributed by atoms with Crippen molar-refractivity contribution < 1.29 is 5.11 Å². The summed E-state index contributed by atoms with van der Waals surface area (Å²) in [6.45, 7) is 1.92. The quantitative estimate of drug-likeness (QED) is 0.770. The summed E-state index contributed by atoms with van der Waals surface area (Å²) in [5, 5.41) is 12.7. The molecule has 2 heterocycles. The lowest BCUT2D eigenvalue weighted by Crippen LogP contribution is -2.36. The van der Waals surface area contributed by atoms with Crippen LogP contribution in [0.3, 0.4) is 0 Å². The van der Waals surface area contributed by atoms with E-state index in [1.165, 1.54) is 11.1 Å². The lowest BCUT2D eigenvalue weighted by atomic mass is 9.98. The summed E-state index contributed by atoms with van der Waals surface area (Å²) in [5.74, 6) is 1.80. The van der Waals surface area contributed by atoms with Crippen LogP contribution in [-0.4, -0.2) is 45.8 Å². The van der Waals surface area contributed by atoms with Gasteiger partial charge in [0.05, 0.1) is 0 Å². The fraction of sp³-hybridized carbons (Fsp3) is 0.500. The molecule has 132 valence electrons. The maximum absolute atomic E-state index is 9.28. The Balaban J connectivity index is 1.46. The topological polar surface area (TPSA) is 100 Å². The molecular weight excluding hydrogens is 316 g/mol. The summed E-state index contributed by atoms with van der Waals surface area (Å²) in [6.07, 6.45) is 3.84. The van der Waals surface area contributed by atoms with E-state index in [2.05, 4.69) is 49.4 Å². The molecule has 1 aliphatic heterocycles. The Labute approximate surface area is 147 Å². The number of benzene rings is 1. The highest BCUT2D eigenvalue weighted by Crippen LogP contribution is 2.25. The predicted octanol–water partition coefficient (Wildman–Crippen LogP) is 1.24. The first-order valence-corrected chi connectivity index (χ1v) is 8.92. The molecule has 4 N–H and O–H groups in total. The zero-order valence-electron chi connectivity index (χ0n) is 14.2. The van der Waals surface area contributed by atoms with E-state index in [1.807, 2.05) is 0 Å². The number of piperidine rings is 1. The van der Waals surface area contributed by atoms with Crippen molar-refractivity contribution in [2.24, 2.45) is 5.92 Å². The number of nitrogen functional groups attached to an aromatic ring is 1. The Morgan fingerprint density at radius 3 is 2.40 bits per heavy atom. The molecule has 0 spiro atoms. The molecule has 7 nitrogen and oxygen atoms in total. The van der Waals surface area contributed by atoms with E-state index in [9.17, 15) is 5.11 Å². The average Bonchev–Trinajstić information content (AvgIpc) is 3.03. The minimum absolute atomic E-state index is 0.243. The van der Waals surface area contributed by atoms with Gasteiger partial charge in [0.25, 0.3) is 0 Å². The van der Waals surface area contributed by atoms with E-state index >= 15 is 0 Å². The van der Waals surface area contributed by atoms with Crippen LogP contribution in [0.1, 0.15) is 24.0 Å². The van der Waals surface area contributed by atoms with Crippen LogP contribution in [0.15, 0.2) is 24.3 Å². The minimum atomic E-state index is 0.243. The Hall–Kier alpha value is -2.41. The molecule has 1 aromatic carbocycles. The van der Waals surface area contributed by atoms with Crippen molar-refractivity contribution >= 4 is 17.8 Å². The van der Waals surface area contributed by atoms with Crippen molar-refractivity contribution in [2.45, 2.75) is 31.7 Å². The molecular formula is C18H24N6O. The second-order valence-electron chi connectivity index (χ2n) is 6.95. The van der Waals surface area contributed by atoms with E-state index in [0.717, 1.165) is 38.8 Å². The minimum Gasteiger partial charge on any atom is -0.396 e. The van der Waals surface area contributed by atoms with Crippen molar-refractivity contribution in [3.05, 3.63) is 35.4 Å². The van der Waals surface area contributed by atoms with Crippen LogP contribution in [0, 0.1) is 5.92 Å². The zero-order valence-corrected chi connectivity index (χ0v) is 14.2. The fourth-order valence-corrected chi connectivity index (χ4v) is 3.75. The van der Waals surface area contributed by atoms with Crippen LogP contribution >= 0.6 is 0 Å². The number of nitrogens with two attached hydrogens (primary N) is 1. The van der Waals surface area contributed by atoms with Gasteiger partial charge in [0.2, 0.25) is 17.8 Å². The summed E-state index contributed by atoms with van der Waals surface area (Å²) >= 11 is 0. The summed E-state index contributed by atoms with van der Waals surface area (Å²) < 4.78 is 0. The van der Waals surface area contributed by atoms with Crippen LogP contribution in [0.25, 0.3) is 0 Å². The highest BCUT2D eigenvalue weighted by Gasteiger charge is 2.24. The monoisotopic (exact) mass is 340 g/mol. The second-order valence-corrected chi connectivity index (χ2v) is 6.95. The third-order valence-corrected chi connectivity index (χ3v) is 5.18. The molecule has 1 saturated heterocycles. The van der Waals surface area contributed by atoms with Gasteiger partial charge >= 0.3 is 0 Å². The number of nitrogens with zero attached hydrogens (tertiary/aromatic N) is 4. The molecule has 1 aromatic heterocycles. The first-order valence-electron chi connectivity index (χ1n) is 8.92. The summed E-state index contributed by atoms with van der Waals surface area (Å²) in [4.78, 5) is 15.3. The number of fused-ring (bicyclic) bond motifs is 1. The molecule has 0 unspecified atom stereocenters. The Bertz CT molecular complexity index is 719. The number of rotatable bonds is 4. The summed E-state index contributed by atoms with van der Waals surface area (Å²) in [5.41, 5.74) is 8.67. The molecule has 0 radical (unpaired) electrons. The van der Waals surface area contributed by atoms with E-state index in [4.69, 9.17) is 5.73 Å². The van der Waals surface area contributed by atoms with Crippen LogP contribution in [0.4, 0.5) is 17.8 Å². The van der Waals surface area contributed by atoms with Crippen molar-refractivity contribution in [3.8, 4) is 0 Å². The molecule has 0 amide bonds. The fourth-order valence-electron chi connectivity index (χ4n) is 3.75. The molecule has 1 fully saturated rings. The Morgan fingerprint density at radius 1 is 1.08 bits per heavy atom. The first kappa shape index (κ1) is 16.1. The molecule has 0 saturated carbocycles. The van der Waals surface area contributed by atoms with Crippen molar-refractivity contribution in [1.29, 1.82) is 0 Å². The third-order valence-electron chi connectivity index (χ3n) is 5.18. The number of nitrogens with one attached hydrogen (secondary N) is 1. The number of aromatic nitrogens is 3. The molecule has 4 rings (SSSR count). The zero-order chi connectivity index (χ0) is 17.2. The smallest absolute Gasteiger partial charge is 0.231 e. The molecule has 2 aliphatic rings. The maximum Gasteiger partial charge on any atom is 0.231 e. The standard InChI is InChI=1S/C18H24N6O/c19-16-21-17(20-15-9-13-3-1-2-4-14(13)10-15)23-18(22-16)24-7-5-12(11-25)6-8-24/h1-4,12,15,25H,5-11H2,(H3,19,20,21,22,23). The van der Waals surface area contributed by atoms with Crippen molar-refractivity contribution in [2.75, 3.05) is 35.6 Å². The van der Waals surface area contributed by atoms with Gasteiger partial charge in [0, 0.05) is 25.7 Å². The number of hydrogen-bond acceptors (Lipinski definition) is 7. The van der Waals surface area contributed by atoms with Crippen LogP contribution in [0.2, 0.25) is 0 Å². The number of aliphatic hydroxyl groups excluding tert-OH is 1. The lowest BCUT2D eigenvalue weighted by molar-refractivity contribution is 0.202. The van der Waals surface area contributed by atoms with E-state index in [1.54, 1.807) is 0 Å². The van der Waals surface area contributed by atoms with Gasteiger partial charge in [-0.25, -0.2) is 0 Å². The Morgan fingerprint density at radius 2 is 1.76 bits per heavy atom. The average molecular weight is 340 g/mol. The molecule has 0 atom stereocenters. The third kappa shape index (κ3) is 3.51. The van der Waals surface area contributed by atoms with Gasteiger partial charge in [-0.05, 0) is 42.7 Å². The van der Waals surface area contributed by atoms with E-state index in [0.29, 0.717) is 17.8 Å². The number of aliphatic hydroxyl groups is 1. The second kappa shape index (κ2) is 6.84. The molecule has 7 heteroatoms. The van der Waals surface area contributed by atoms with Gasteiger partial charge in [0.1, 0.15) is 0 Å². The number of hydrogen-bond donors (Lipinski definition) is 3. The van der Waals surface area contributed by atoms with Gasteiger partial charge in [-0.3, -0.25) is 0 Å². The predicted molar refractivity (Wildman–Crippen MR) is 97.5 cm³/mol. The maximum atomic E-state index is 9.28. The van der Waals surface area contributed by atoms with Crippen LogP contribution in [0.5, 0.6) is 0 Å². The van der Waals surface area contributed by atoms with Crippen LogP contribution < -0.4 is 16.0 Å². The Kier molecular flexibility index (Phi) is 4.40. The summed E-state index contributed by atoms with van der Waals surface area (Å²) in [6, 6.07) is 8.80. The summed E-state index contributed by atoms with van der Waals surface area (Å²) in [7, 11) is 0. The van der Waals surface area contributed by atoms with Crippen molar-refractivity contribution in [1.82, 2.24) is 15.0 Å². The van der Waals surface area contributed by atoms with Crippen molar-refractivity contribution in [3.63, 3.8) is 0 Å².